The molecule has 0 spiro atoms. The summed E-state index contributed by atoms with van der Waals surface area (Å²) in [5.74, 6) is -0.994. The Morgan fingerprint density at radius 1 is 1.20 bits per heavy atom. The molecule has 1 saturated heterocycles. The van der Waals surface area contributed by atoms with Crippen LogP contribution in [0, 0.1) is 5.82 Å². The van der Waals surface area contributed by atoms with E-state index in [-0.39, 0.29) is 46.1 Å². The number of hydrogen-bond acceptors (Lipinski definition) is 9. The monoisotopic (exact) mass is 570 g/mol. The molecular formula is C28H27FN2O8S. The number of hydrogen-bond donors (Lipinski definition) is 1. The average molecular weight is 571 g/mol. The molecule has 40 heavy (non-hydrogen) atoms. The quantitative estimate of drug-likeness (QED) is 0.397. The number of sulfonamides is 1. The van der Waals surface area contributed by atoms with Crippen LogP contribution in [0.25, 0.3) is 17.2 Å². The van der Waals surface area contributed by atoms with Gasteiger partial charge in [-0.2, -0.15) is 0 Å². The number of halogens is 1. The lowest BCUT2D eigenvalue weighted by Crippen LogP contribution is -2.24. The number of anilines is 1. The highest BCUT2D eigenvalue weighted by atomic mass is 32.2. The van der Waals surface area contributed by atoms with Crippen molar-refractivity contribution < 1.29 is 41.0 Å². The van der Waals surface area contributed by atoms with Gasteiger partial charge in [-0.05, 0) is 48.4 Å². The number of nitrogens with one attached hydrogen (secondary N) is 1. The van der Waals surface area contributed by atoms with Crippen molar-refractivity contribution in [1.29, 1.82) is 0 Å². The highest BCUT2D eigenvalue weighted by Gasteiger charge is 2.30. The van der Waals surface area contributed by atoms with Gasteiger partial charge in [0.05, 0.1) is 24.0 Å². The Hall–Kier alpha value is -4.16. The molecule has 210 valence electrons. The maximum absolute atomic E-state index is 14.2. The molecule has 0 bridgehead atoms. The number of methoxy groups -OCH3 is 1. The van der Waals surface area contributed by atoms with Crippen LogP contribution in [0.4, 0.5) is 10.1 Å². The van der Waals surface area contributed by atoms with Gasteiger partial charge in [0, 0.05) is 37.7 Å². The Balaban J connectivity index is 1.42. The first-order valence-corrected chi connectivity index (χ1v) is 14.0. The zero-order chi connectivity index (χ0) is 28.4. The Morgan fingerprint density at radius 2 is 2.02 bits per heavy atom. The van der Waals surface area contributed by atoms with Crippen molar-refractivity contribution in [3.63, 3.8) is 0 Å². The number of benzene rings is 2. The van der Waals surface area contributed by atoms with E-state index in [2.05, 4.69) is 4.72 Å². The number of ether oxygens (including phenoxy) is 3. The van der Waals surface area contributed by atoms with E-state index in [1.54, 1.807) is 18.2 Å². The molecule has 0 saturated carbocycles. The third-order valence-corrected chi connectivity index (χ3v) is 8.10. The van der Waals surface area contributed by atoms with E-state index in [0.717, 1.165) is 23.8 Å². The molecule has 1 N–H and O–H groups in total. The van der Waals surface area contributed by atoms with Crippen molar-refractivity contribution in [3.05, 3.63) is 71.4 Å². The van der Waals surface area contributed by atoms with Crippen molar-refractivity contribution in [2.75, 3.05) is 31.5 Å². The van der Waals surface area contributed by atoms with Gasteiger partial charge in [-0.25, -0.2) is 17.6 Å². The predicted molar refractivity (Wildman–Crippen MR) is 143 cm³/mol. The van der Waals surface area contributed by atoms with Crippen molar-refractivity contribution in [2.24, 2.45) is 0 Å². The molecule has 12 heteroatoms. The Kier molecular flexibility index (Phi) is 7.63. The van der Waals surface area contributed by atoms with E-state index in [0.29, 0.717) is 37.4 Å². The second-order valence-electron chi connectivity index (χ2n) is 9.37. The lowest BCUT2D eigenvalue weighted by atomic mass is 9.98. The van der Waals surface area contributed by atoms with Crippen LogP contribution in [-0.2, 0) is 30.9 Å². The maximum Gasteiger partial charge on any atom is 0.343 e. The molecule has 3 aromatic rings. The summed E-state index contributed by atoms with van der Waals surface area (Å²) < 4.78 is 65.1. The van der Waals surface area contributed by atoms with Crippen molar-refractivity contribution in [2.45, 2.75) is 31.0 Å². The molecule has 2 aliphatic rings. The molecule has 1 fully saturated rings. The summed E-state index contributed by atoms with van der Waals surface area (Å²) in [6.45, 7) is 3.13. The molecule has 5 rings (SSSR count). The van der Waals surface area contributed by atoms with E-state index >= 15 is 0 Å². The van der Waals surface area contributed by atoms with Gasteiger partial charge in [0.1, 0.15) is 35.6 Å². The van der Waals surface area contributed by atoms with Crippen molar-refractivity contribution in [3.8, 4) is 16.9 Å². The molecule has 2 aliphatic heterocycles. The molecule has 3 heterocycles. The van der Waals surface area contributed by atoms with Gasteiger partial charge < -0.3 is 18.6 Å². The van der Waals surface area contributed by atoms with Crippen LogP contribution < -0.4 is 9.46 Å². The minimum atomic E-state index is -4.29. The number of furan rings is 1. The first-order valence-electron chi connectivity index (χ1n) is 12.5. The molecular weight excluding hydrogens is 543 g/mol. The Morgan fingerprint density at radius 3 is 2.80 bits per heavy atom. The van der Waals surface area contributed by atoms with Crippen LogP contribution in [0.1, 0.15) is 35.0 Å². The molecule has 0 aliphatic carbocycles. The summed E-state index contributed by atoms with van der Waals surface area (Å²) >= 11 is 0. The molecule has 0 amide bonds. The number of esters is 2. The normalized spacial score (nSPS) is 16.7. The highest BCUT2D eigenvalue weighted by Crippen LogP contribution is 2.43. The molecule has 0 radical (unpaired) electrons. The Labute approximate surface area is 230 Å². The SMILES string of the molecule is COC(=O)c1c(NS(=O)(=O)c2ccc(F)cc2/C=C\CN2CCC(OC(C)=O)C2)ccc2c1OCc1occc1-2. The van der Waals surface area contributed by atoms with Gasteiger partial charge in [0.15, 0.2) is 0 Å². The summed E-state index contributed by atoms with van der Waals surface area (Å²) in [6, 6.07) is 8.13. The topological polar surface area (TPSA) is 124 Å². The van der Waals surface area contributed by atoms with Gasteiger partial charge >= 0.3 is 11.9 Å². The highest BCUT2D eigenvalue weighted by molar-refractivity contribution is 7.92. The first-order chi connectivity index (χ1) is 19.2. The van der Waals surface area contributed by atoms with E-state index in [9.17, 15) is 22.4 Å². The van der Waals surface area contributed by atoms with Gasteiger partial charge in [-0.15, -0.1) is 0 Å². The summed E-state index contributed by atoms with van der Waals surface area (Å²) in [5.41, 5.74) is 1.27. The first kappa shape index (κ1) is 27.4. The average Bonchev–Trinajstić information content (AvgIpc) is 3.57. The predicted octanol–water partition coefficient (Wildman–Crippen LogP) is 4.22. The largest absolute Gasteiger partial charge is 0.484 e. The van der Waals surface area contributed by atoms with Crippen LogP contribution in [0.15, 0.2) is 58.1 Å². The second-order valence-corrected chi connectivity index (χ2v) is 11.0. The van der Waals surface area contributed by atoms with Gasteiger partial charge in [0.25, 0.3) is 10.0 Å². The minimum Gasteiger partial charge on any atom is -0.484 e. The zero-order valence-electron chi connectivity index (χ0n) is 21.8. The minimum absolute atomic E-state index is 0.0506. The van der Waals surface area contributed by atoms with Crippen LogP contribution in [0.2, 0.25) is 0 Å². The van der Waals surface area contributed by atoms with Gasteiger partial charge in [0.2, 0.25) is 0 Å². The fourth-order valence-corrected chi connectivity index (χ4v) is 6.14. The Bertz CT molecular complexity index is 1600. The summed E-state index contributed by atoms with van der Waals surface area (Å²) in [5, 5.41) is 0. The van der Waals surface area contributed by atoms with Crippen molar-refractivity contribution >= 4 is 33.7 Å². The standard InChI is InChI=1S/C28H27FN2O8S/c1-17(32)39-20-9-12-31(15-20)11-3-4-18-14-19(29)5-8-25(18)40(34,35)30-23-7-6-22-21-10-13-37-24(21)16-38-27(22)26(23)28(33)36-2/h3-8,10,13-14,20,30H,9,11-12,15-16H2,1-2H3/b4-3-. The number of carbonyl (C=O) groups is 2. The molecule has 2 aromatic carbocycles. The number of carbonyl (C=O) groups excluding carboxylic acids is 2. The number of nitrogens with zero attached hydrogens (tertiary/aromatic N) is 1. The van der Waals surface area contributed by atoms with Gasteiger partial charge in [-0.3, -0.25) is 14.4 Å². The molecule has 1 unspecified atom stereocenters. The van der Waals surface area contributed by atoms with Crippen molar-refractivity contribution in [1.82, 2.24) is 4.90 Å². The summed E-state index contributed by atoms with van der Waals surface area (Å²) in [7, 11) is -3.11. The third-order valence-electron chi connectivity index (χ3n) is 6.66. The lowest BCUT2D eigenvalue weighted by Gasteiger charge is -2.22. The van der Waals surface area contributed by atoms with Crippen LogP contribution in [0.5, 0.6) is 5.75 Å². The smallest absolute Gasteiger partial charge is 0.343 e. The van der Waals surface area contributed by atoms with E-state index in [4.69, 9.17) is 18.6 Å². The summed E-state index contributed by atoms with van der Waals surface area (Å²) in [6.07, 6.45) is 5.26. The maximum atomic E-state index is 14.2. The fourth-order valence-electron chi connectivity index (χ4n) is 4.88. The van der Waals surface area contributed by atoms with E-state index in [1.165, 1.54) is 32.4 Å². The molecule has 1 aromatic heterocycles. The number of fused-ring (bicyclic) bond motifs is 3. The lowest BCUT2D eigenvalue weighted by molar-refractivity contribution is -0.145. The number of likely N-dealkylation sites (tertiary alicyclic amines) is 1. The van der Waals surface area contributed by atoms with E-state index in [1.807, 2.05) is 4.90 Å². The van der Waals surface area contributed by atoms with Gasteiger partial charge in [-0.1, -0.05) is 12.2 Å². The van der Waals surface area contributed by atoms with Crippen LogP contribution in [0.3, 0.4) is 0 Å². The fraction of sp³-hybridized carbons (Fsp3) is 0.286. The molecule has 10 nitrogen and oxygen atoms in total. The van der Waals surface area contributed by atoms with Crippen LogP contribution in [-0.4, -0.2) is 58.1 Å². The number of rotatable bonds is 8. The zero-order valence-corrected chi connectivity index (χ0v) is 22.6. The third kappa shape index (κ3) is 5.58. The molecule has 1 atom stereocenters. The van der Waals surface area contributed by atoms with Crippen LogP contribution >= 0.6 is 0 Å². The summed E-state index contributed by atoms with van der Waals surface area (Å²) in [4.78, 5) is 25.8. The second kappa shape index (κ2) is 11.1. The van der Waals surface area contributed by atoms with E-state index < -0.39 is 21.8 Å².